The molecule has 0 aliphatic carbocycles. The molecule has 1 aromatic heterocycles. The van der Waals surface area contributed by atoms with Gasteiger partial charge in [-0.25, -0.2) is 0 Å². The average Bonchev–Trinajstić information content (AvgIpc) is 2.95. The third-order valence-electron chi connectivity index (χ3n) is 2.88. The van der Waals surface area contributed by atoms with Crippen LogP contribution in [0.4, 0.5) is 5.13 Å². The Labute approximate surface area is 149 Å². The summed E-state index contributed by atoms with van der Waals surface area (Å²) in [5, 5.41) is 11.4. The van der Waals surface area contributed by atoms with Gasteiger partial charge in [0.25, 0.3) is 0 Å². The number of hydrogen-bond acceptors (Lipinski definition) is 6. The SMILES string of the molecule is Cc1ccc(S[C@H](C)C(=O)Nc2nnc(SCC(C)C)s2)cc1. The number of amides is 1. The lowest BCUT2D eigenvalue weighted by Crippen LogP contribution is -2.22. The van der Waals surface area contributed by atoms with Gasteiger partial charge >= 0.3 is 0 Å². The summed E-state index contributed by atoms with van der Waals surface area (Å²) >= 11 is 4.65. The minimum atomic E-state index is -0.187. The summed E-state index contributed by atoms with van der Waals surface area (Å²) in [4.78, 5) is 13.3. The Morgan fingerprint density at radius 3 is 2.57 bits per heavy atom. The molecule has 1 aromatic carbocycles. The minimum Gasteiger partial charge on any atom is -0.300 e. The number of aryl methyl sites for hydroxylation is 1. The molecule has 0 fully saturated rings. The maximum absolute atomic E-state index is 12.3. The molecule has 124 valence electrons. The Hall–Kier alpha value is -1.05. The first kappa shape index (κ1) is 18.3. The molecule has 1 atom stereocenters. The molecule has 0 aliphatic heterocycles. The number of nitrogens with zero attached hydrogens (tertiary/aromatic N) is 2. The number of hydrogen-bond donors (Lipinski definition) is 1. The van der Waals surface area contributed by atoms with E-state index in [1.807, 2.05) is 19.1 Å². The highest BCUT2D eigenvalue weighted by Crippen LogP contribution is 2.28. The summed E-state index contributed by atoms with van der Waals surface area (Å²) in [5.74, 6) is 1.56. The number of carbonyl (C=O) groups is 1. The summed E-state index contributed by atoms with van der Waals surface area (Å²) in [6.45, 7) is 8.28. The molecular formula is C16H21N3OS3. The Morgan fingerprint density at radius 2 is 1.91 bits per heavy atom. The van der Waals surface area contributed by atoms with Gasteiger partial charge in [0.2, 0.25) is 11.0 Å². The van der Waals surface area contributed by atoms with Crippen molar-refractivity contribution >= 4 is 45.9 Å². The second-order valence-electron chi connectivity index (χ2n) is 5.64. The van der Waals surface area contributed by atoms with Crippen LogP contribution in [-0.2, 0) is 4.79 Å². The number of thioether (sulfide) groups is 2. The molecule has 1 amide bonds. The number of nitrogens with one attached hydrogen (secondary N) is 1. The average molecular weight is 368 g/mol. The predicted octanol–water partition coefficient (Wildman–Crippen LogP) is 4.71. The van der Waals surface area contributed by atoms with Gasteiger partial charge in [0.15, 0.2) is 4.34 Å². The van der Waals surface area contributed by atoms with Gasteiger partial charge in [0.1, 0.15) is 0 Å². The highest BCUT2D eigenvalue weighted by Gasteiger charge is 2.16. The van der Waals surface area contributed by atoms with E-state index < -0.39 is 0 Å². The lowest BCUT2D eigenvalue weighted by Gasteiger charge is -2.10. The normalized spacial score (nSPS) is 12.4. The van der Waals surface area contributed by atoms with Gasteiger partial charge in [-0.05, 0) is 31.9 Å². The molecule has 0 saturated carbocycles. The lowest BCUT2D eigenvalue weighted by atomic mass is 10.2. The van der Waals surface area contributed by atoms with Crippen LogP contribution < -0.4 is 5.32 Å². The standard InChI is InChI=1S/C16H21N3OS3/c1-10(2)9-21-16-19-18-15(23-16)17-14(20)12(4)22-13-7-5-11(3)6-8-13/h5-8,10,12H,9H2,1-4H3,(H,17,18,20)/t12-/m1/s1. The minimum absolute atomic E-state index is 0.0489. The maximum Gasteiger partial charge on any atom is 0.239 e. The monoisotopic (exact) mass is 367 g/mol. The number of aromatic nitrogens is 2. The number of benzene rings is 1. The first-order valence-corrected chi connectivity index (χ1v) is 10.1. The van der Waals surface area contributed by atoms with Gasteiger partial charge in [-0.2, -0.15) is 0 Å². The molecule has 1 heterocycles. The molecule has 0 spiro atoms. The zero-order valence-corrected chi connectivity index (χ0v) is 16.1. The van der Waals surface area contributed by atoms with Crippen molar-refractivity contribution in [2.75, 3.05) is 11.1 Å². The summed E-state index contributed by atoms with van der Waals surface area (Å²) < 4.78 is 0.896. The summed E-state index contributed by atoms with van der Waals surface area (Å²) in [5.41, 5.74) is 1.21. The van der Waals surface area contributed by atoms with Crippen molar-refractivity contribution in [1.82, 2.24) is 10.2 Å². The van der Waals surface area contributed by atoms with Crippen LogP contribution in [0.3, 0.4) is 0 Å². The van der Waals surface area contributed by atoms with Crippen molar-refractivity contribution in [3.8, 4) is 0 Å². The Bertz CT molecular complexity index is 640. The van der Waals surface area contributed by atoms with Crippen molar-refractivity contribution in [2.24, 2.45) is 5.92 Å². The molecule has 23 heavy (non-hydrogen) atoms. The Kier molecular flexibility index (Phi) is 6.92. The van der Waals surface area contributed by atoms with Gasteiger partial charge < -0.3 is 0 Å². The molecule has 0 aliphatic rings. The van der Waals surface area contributed by atoms with E-state index in [1.165, 1.54) is 28.7 Å². The van der Waals surface area contributed by atoms with Crippen molar-refractivity contribution in [2.45, 2.75) is 42.2 Å². The van der Waals surface area contributed by atoms with E-state index >= 15 is 0 Å². The Balaban J connectivity index is 1.86. The van der Waals surface area contributed by atoms with Crippen molar-refractivity contribution in [1.29, 1.82) is 0 Å². The first-order valence-electron chi connectivity index (χ1n) is 7.44. The van der Waals surface area contributed by atoms with Gasteiger partial charge in [0.05, 0.1) is 5.25 Å². The first-order chi connectivity index (χ1) is 10.9. The second kappa shape index (κ2) is 8.70. The van der Waals surface area contributed by atoms with Crippen molar-refractivity contribution in [3.05, 3.63) is 29.8 Å². The molecule has 0 bridgehead atoms. The molecule has 2 rings (SSSR count). The molecule has 2 aromatic rings. The summed E-state index contributed by atoms with van der Waals surface area (Å²) in [7, 11) is 0. The summed E-state index contributed by atoms with van der Waals surface area (Å²) in [6, 6.07) is 8.18. The molecule has 7 heteroatoms. The van der Waals surface area contributed by atoms with Crippen LogP contribution in [0.2, 0.25) is 0 Å². The molecule has 0 radical (unpaired) electrons. The van der Waals surface area contributed by atoms with Crippen LogP contribution in [0, 0.1) is 12.8 Å². The van der Waals surface area contributed by atoms with E-state index in [0.29, 0.717) is 11.0 Å². The lowest BCUT2D eigenvalue weighted by molar-refractivity contribution is -0.115. The largest absolute Gasteiger partial charge is 0.300 e. The molecule has 0 unspecified atom stereocenters. The van der Waals surface area contributed by atoms with Crippen LogP contribution in [0.1, 0.15) is 26.3 Å². The smallest absolute Gasteiger partial charge is 0.239 e. The second-order valence-corrected chi connectivity index (χ2v) is 9.30. The highest BCUT2D eigenvalue weighted by atomic mass is 32.2. The fourth-order valence-corrected chi connectivity index (χ4v) is 4.24. The van der Waals surface area contributed by atoms with E-state index in [-0.39, 0.29) is 11.2 Å². The van der Waals surface area contributed by atoms with E-state index in [9.17, 15) is 4.79 Å². The van der Waals surface area contributed by atoms with Crippen LogP contribution in [0.25, 0.3) is 0 Å². The van der Waals surface area contributed by atoms with Gasteiger partial charge in [-0.3, -0.25) is 10.1 Å². The van der Waals surface area contributed by atoms with Crippen molar-refractivity contribution < 1.29 is 4.79 Å². The Morgan fingerprint density at radius 1 is 1.22 bits per heavy atom. The van der Waals surface area contributed by atoms with Gasteiger partial charge in [0, 0.05) is 10.6 Å². The maximum atomic E-state index is 12.3. The van der Waals surface area contributed by atoms with Crippen LogP contribution in [0.15, 0.2) is 33.5 Å². The quantitative estimate of drug-likeness (QED) is 0.567. The van der Waals surface area contributed by atoms with Crippen LogP contribution in [-0.4, -0.2) is 27.1 Å². The van der Waals surface area contributed by atoms with E-state index in [1.54, 1.807) is 11.8 Å². The fourth-order valence-electron chi connectivity index (χ4n) is 1.64. The van der Waals surface area contributed by atoms with E-state index in [0.717, 1.165) is 15.0 Å². The third kappa shape index (κ3) is 6.16. The van der Waals surface area contributed by atoms with Crippen molar-refractivity contribution in [3.63, 3.8) is 0 Å². The number of anilines is 1. The topological polar surface area (TPSA) is 54.9 Å². The van der Waals surface area contributed by atoms with Crippen LogP contribution in [0.5, 0.6) is 0 Å². The zero-order chi connectivity index (χ0) is 16.8. The fraction of sp³-hybridized carbons (Fsp3) is 0.438. The molecular weight excluding hydrogens is 346 g/mol. The van der Waals surface area contributed by atoms with Gasteiger partial charge in [-0.15, -0.1) is 22.0 Å². The van der Waals surface area contributed by atoms with E-state index in [4.69, 9.17) is 0 Å². The molecule has 4 nitrogen and oxygen atoms in total. The zero-order valence-electron chi connectivity index (χ0n) is 13.7. The molecule has 0 saturated heterocycles. The van der Waals surface area contributed by atoms with Gasteiger partial charge in [-0.1, -0.05) is 54.6 Å². The predicted molar refractivity (Wildman–Crippen MR) is 101 cm³/mol. The number of carbonyl (C=O) groups excluding carboxylic acids is 1. The molecule has 1 N–H and O–H groups in total. The third-order valence-corrected chi connectivity index (χ3v) is 6.39. The number of rotatable bonds is 7. The van der Waals surface area contributed by atoms with Crippen LogP contribution >= 0.6 is 34.9 Å². The summed E-state index contributed by atoms with van der Waals surface area (Å²) in [6.07, 6.45) is 0. The highest BCUT2D eigenvalue weighted by molar-refractivity contribution is 8.01. The van der Waals surface area contributed by atoms with E-state index in [2.05, 4.69) is 48.4 Å².